The molecule has 5 nitrogen and oxygen atoms in total. The lowest BCUT2D eigenvalue weighted by Gasteiger charge is -2.29. The molecule has 128 valence electrons. The Kier molecular flexibility index (Phi) is 4.48. The zero-order valence-corrected chi connectivity index (χ0v) is 14.2. The molecule has 2 aromatic carbocycles. The van der Waals surface area contributed by atoms with Gasteiger partial charge in [-0.25, -0.2) is 4.98 Å². The van der Waals surface area contributed by atoms with E-state index in [2.05, 4.69) is 34.5 Å². The largest absolute Gasteiger partial charge is 0.396 e. The number of rotatable bonds is 5. The normalized spacial score (nSPS) is 13.7. The van der Waals surface area contributed by atoms with Gasteiger partial charge in [-0.2, -0.15) is 4.98 Å². The van der Waals surface area contributed by atoms with Crippen molar-refractivity contribution in [1.29, 1.82) is 0 Å². The fourth-order valence-electron chi connectivity index (χ4n) is 3.29. The van der Waals surface area contributed by atoms with E-state index in [1.165, 1.54) is 11.1 Å². The van der Waals surface area contributed by atoms with Crippen LogP contribution in [0.2, 0.25) is 0 Å². The number of aliphatic hydroxyl groups is 1. The highest BCUT2D eigenvalue weighted by molar-refractivity contribution is 5.90. The Bertz CT molecular complexity index is 880. The summed E-state index contributed by atoms with van der Waals surface area (Å²) in [4.78, 5) is 11.8. The molecule has 4 rings (SSSR count). The lowest BCUT2D eigenvalue weighted by Crippen LogP contribution is -2.32. The van der Waals surface area contributed by atoms with E-state index in [1.54, 1.807) is 0 Å². The third kappa shape index (κ3) is 3.28. The molecular weight excluding hydrogens is 312 g/mol. The second-order valence-corrected chi connectivity index (χ2v) is 6.33. The van der Waals surface area contributed by atoms with Gasteiger partial charge in [0.2, 0.25) is 5.95 Å². The molecule has 5 heteroatoms. The van der Waals surface area contributed by atoms with E-state index in [9.17, 15) is 0 Å². The highest BCUT2D eigenvalue weighted by Crippen LogP contribution is 2.27. The van der Waals surface area contributed by atoms with Crippen LogP contribution in [0.5, 0.6) is 0 Å². The van der Waals surface area contributed by atoms with Crippen LogP contribution in [0.1, 0.15) is 17.5 Å². The minimum Gasteiger partial charge on any atom is -0.396 e. The van der Waals surface area contributed by atoms with Crippen LogP contribution < -0.4 is 10.2 Å². The lowest BCUT2D eigenvalue weighted by molar-refractivity contribution is 0.292. The van der Waals surface area contributed by atoms with Crippen LogP contribution in [0.15, 0.2) is 48.5 Å². The average molecular weight is 334 g/mol. The summed E-state index contributed by atoms with van der Waals surface area (Å²) in [7, 11) is 0. The molecular formula is C20H22N4O. The first-order valence-electron chi connectivity index (χ1n) is 8.78. The molecule has 1 aliphatic heterocycles. The van der Waals surface area contributed by atoms with Crippen LogP contribution in [0, 0.1) is 0 Å². The van der Waals surface area contributed by atoms with Gasteiger partial charge in [0.15, 0.2) is 0 Å². The molecule has 0 amide bonds. The van der Waals surface area contributed by atoms with Gasteiger partial charge in [0.1, 0.15) is 5.82 Å². The van der Waals surface area contributed by atoms with E-state index in [4.69, 9.17) is 15.1 Å². The van der Waals surface area contributed by atoms with Gasteiger partial charge in [-0.05, 0) is 36.1 Å². The van der Waals surface area contributed by atoms with E-state index in [1.807, 2.05) is 24.3 Å². The van der Waals surface area contributed by atoms with Gasteiger partial charge < -0.3 is 15.3 Å². The zero-order valence-electron chi connectivity index (χ0n) is 14.2. The van der Waals surface area contributed by atoms with Crippen molar-refractivity contribution in [2.45, 2.75) is 19.4 Å². The quantitative estimate of drug-likeness (QED) is 0.703. The average Bonchev–Trinajstić information content (AvgIpc) is 2.67. The smallest absolute Gasteiger partial charge is 0.228 e. The molecule has 2 heterocycles. The van der Waals surface area contributed by atoms with Crippen molar-refractivity contribution in [2.24, 2.45) is 0 Å². The van der Waals surface area contributed by atoms with Crippen LogP contribution in [0.4, 0.5) is 11.8 Å². The summed E-state index contributed by atoms with van der Waals surface area (Å²) in [6, 6.07) is 16.6. The number of nitrogens with zero attached hydrogens (tertiary/aromatic N) is 3. The SMILES string of the molecule is OCCCNc1nc(N2CCc3ccccc3C2)nc2ccccc12. The number of benzene rings is 2. The van der Waals surface area contributed by atoms with Crippen LogP contribution in [0.25, 0.3) is 10.9 Å². The first-order valence-corrected chi connectivity index (χ1v) is 8.78. The maximum atomic E-state index is 9.03. The van der Waals surface area contributed by atoms with E-state index in [0.29, 0.717) is 13.0 Å². The summed E-state index contributed by atoms with van der Waals surface area (Å²) in [5, 5.41) is 13.4. The van der Waals surface area contributed by atoms with Crippen LogP contribution >= 0.6 is 0 Å². The van der Waals surface area contributed by atoms with Gasteiger partial charge in [-0.3, -0.25) is 0 Å². The van der Waals surface area contributed by atoms with Gasteiger partial charge in [0.25, 0.3) is 0 Å². The topological polar surface area (TPSA) is 61.3 Å². The molecule has 0 radical (unpaired) electrons. The highest BCUT2D eigenvalue weighted by atomic mass is 16.3. The van der Waals surface area contributed by atoms with Gasteiger partial charge in [-0.15, -0.1) is 0 Å². The van der Waals surface area contributed by atoms with Crippen LogP contribution in [0.3, 0.4) is 0 Å². The number of aliphatic hydroxyl groups excluding tert-OH is 1. The van der Waals surface area contributed by atoms with Crippen molar-refractivity contribution in [1.82, 2.24) is 9.97 Å². The summed E-state index contributed by atoms with van der Waals surface area (Å²) >= 11 is 0. The molecule has 0 fully saturated rings. The molecule has 0 saturated heterocycles. The van der Waals surface area contributed by atoms with Gasteiger partial charge in [-0.1, -0.05) is 36.4 Å². The van der Waals surface area contributed by atoms with Gasteiger partial charge >= 0.3 is 0 Å². The maximum Gasteiger partial charge on any atom is 0.228 e. The van der Waals surface area contributed by atoms with Gasteiger partial charge in [0.05, 0.1) is 5.52 Å². The molecule has 1 aliphatic rings. The molecule has 0 atom stereocenters. The number of hydrogen-bond acceptors (Lipinski definition) is 5. The number of para-hydroxylation sites is 1. The minimum absolute atomic E-state index is 0.172. The Balaban J connectivity index is 1.68. The zero-order chi connectivity index (χ0) is 17.1. The molecule has 0 bridgehead atoms. The number of hydrogen-bond donors (Lipinski definition) is 2. The number of aromatic nitrogens is 2. The summed E-state index contributed by atoms with van der Waals surface area (Å²) in [5.41, 5.74) is 3.71. The summed E-state index contributed by atoms with van der Waals surface area (Å²) in [6.07, 6.45) is 1.71. The Morgan fingerprint density at radius 2 is 1.80 bits per heavy atom. The van der Waals surface area contributed by atoms with Crippen molar-refractivity contribution in [3.05, 3.63) is 59.7 Å². The second-order valence-electron chi connectivity index (χ2n) is 6.33. The first kappa shape index (κ1) is 15.8. The standard InChI is InChI=1S/C20H22N4O/c25-13-5-11-21-19-17-8-3-4-9-18(17)22-20(23-19)24-12-10-15-6-1-2-7-16(15)14-24/h1-4,6-9,25H,5,10-14H2,(H,21,22,23). The predicted octanol–water partition coefficient (Wildman–Crippen LogP) is 2.99. The predicted molar refractivity (Wildman–Crippen MR) is 101 cm³/mol. The fourth-order valence-corrected chi connectivity index (χ4v) is 3.29. The Morgan fingerprint density at radius 3 is 2.68 bits per heavy atom. The van der Waals surface area contributed by atoms with Crippen molar-refractivity contribution in [3.8, 4) is 0 Å². The van der Waals surface area contributed by atoms with Crippen molar-refractivity contribution >= 4 is 22.7 Å². The van der Waals surface area contributed by atoms with Crippen molar-refractivity contribution in [2.75, 3.05) is 29.9 Å². The number of fused-ring (bicyclic) bond motifs is 2. The molecule has 0 spiro atoms. The van der Waals surface area contributed by atoms with E-state index < -0.39 is 0 Å². The van der Waals surface area contributed by atoms with Crippen molar-refractivity contribution in [3.63, 3.8) is 0 Å². The third-order valence-corrected chi connectivity index (χ3v) is 4.63. The maximum absolute atomic E-state index is 9.03. The Morgan fingerprint density at radius 1 is 1.00 bits per heavy atom. The molecule has 0 aliphatic carbocycles. The molecule has 3 aromatic rings. The Labute approximate surface area is 147 Å². The lowest BCUT2D eigenvalue weighted by atomic mass is 10.0. The fraction of sp³-hybridized carbons (Fsp3) is 0.300. The monoisotopic (exact) mass is 334 g/mol. The molecule has 0 unspecified atom stereocenters. The third-order valence-electron chi connectivity index (χ3n) is 4.63. The minimum atomic E-state index is 0.172. The summed E-state index contributed by atoms with van der Waals surface area (Å²) in [5.74, 6) is 1.60. The van der Waals surface area contributed by atoms with Gasteiger partial charge in [0, 0.05) is 31.6 Å². The Hall–Kier alpha value is -2.66. The van der Waals surface area contributed by atoms with Crippen LogP contribution in [-0.2, 0) is 13.0 Å². The summed E-state index contributed by atoms with van der Waals surface area (Å²) < 4.78 is 0. The van der Waals surface area contributed by atoms with E-state index in [-0.39, 0.29) is 6.61 Å². The van der Waals surface area contributed by atoms with Crippen LogP contribution in [-0.4, -0.2) is 34.8 Å². The first-order chi connectivity index (χ1) is 12.3. The summed E-state index contributed by atoms with van der Waals surface area (Å²) in [6.45, 7) is 2.63. The number of anilines is 2. The van der Waals surface area contributed by atoms with E-state index in [0.717, 1.165) is 42.2 Å². The van der Waals surface area contributed by atoms with Crippen molar-refractivity contribution < 1.29 is 5.11 Å². The molecule has 2 N–H and O–H groups in total. The number of nitrogens with one attached hydrogen (secondary N) is 1. The molecule has 25 heavy (non-hydrogen) atoms. The second kappa shape index (κ2) is 7.07. The molecule has 1 aromatic heterocycles. The highest BCUT2D eigenvalue weighted by Gasteiger charge is 2.19. The molecule has 0 saturated carbocycles. The van der Waals surface area contributed by atoms with E-state index >= 15 is 0 Å².